The fourth-order valence-electron chi connectivity index (χ4n) is 0.639. The van der Waals surface area contributed by atoms with Gasteiger partial charge < -0.3 is 4.74 Å². The van der Waals surface area contributed by atoms with Gasteiger partial charge in [0.25, 0.3) is 0 Å². The molecule has 1 aromatic rings. The van der Waals surface area contributed by atoms with Gasteiger partial charge in [-0.05, 0) is 12.1 Å². The first-order chi connectivity index (χ1) is 6.43. The highest BCUT2D eigenvalue weighted by molar-refractivity contribution is 6.30. The lowest BCUT2D eigenvalue weighted by molar-refractivity contribution is -0.253. The van der Waals surface area contributed by atoms with Gasteiger partial charge in [-0.1, -0.05) is 11.6 Å². The first kappa shape index (κ1) is 11.0. The molecule has 1 aromatic heterocycles. The SMILES string of the molecule is FC(F)C(F)(F)Oc1cccnc1Cl. The first-order valence-corrected chi connectivity index (χ1v) is 3.77. The van der Waals surface area contributed by atoms with Crippen LogP contribution in [0, 0.1) is 0 Å². The summed E-state index contributed by atoms with van der Waals surface area (Å²) in [7, 11) is 0. The molecule has 0 spiro atoms. The predicted molar refractivity (Wildman–Crippen MR) is 40.8 cm³/mol. The third kappa shape index (κ3) is 2.47. The van der Waals surface area contributed by atoms with Gasteiger partial charge in [-0.25, -0.2) is 4.98 Å². The van der Waals surface area contributed by atoms with Gasteiger partial charge in [0.2, 0.25) is 0 Å². The van der Waals surface area contributed by atoms with Crippen LogP contribution in [-0.4, -0.2) is 17.5 Å². The van der Waals surface area contributed by atoms with E-state index in [4.69, 9.17) is 11.6 Å². The van der Waals surface area contributed by atoms with Crippen LogP contribution in [0.4, 0.5) is 17.6 Å². The molecule has 0 aliphatic rings. The number of ether oxygens (including phenoxy) is 1. The van der Waals surface area contributed by atoms with Crippen molar-refractivity contribution in [2.45, 2.75) is 12.5 Å². The highest BCUT2D eigenvalue weighted by Gasteiger charge is 2.44. The third-order valence-electron chi connectivity index (χ3n) is 1.22. The molecule has 0 N–H and O–H groups in total. The van der Waals surface area contributed by atoms with Gasteiger partial charge in [0.05, 0.1) is 0 Å². The molecule has 7 heteroatoms. The van der Waals surface area contributed by atoms with Crippen LogP contribution in [-0.2, 0) is 0 Å². The lowest BCUT2D eigenvalue weighted by Crippen LogP contribution is -2.33. The lowest BCUT2D eigenvalue weighted by atomic mass is 10.4. The summed E-state index contributed by atoms with van der Waals surface area (Å²) >= 11 is 5.32. The van der Waals surface area contributed by atoms with E-state index in [0.29, 0.717) is 0 Å². The lowest BCUT2D eigenvalue weighted by Gasteiger charge is -2.16. The third-order valence-corrected chi connectivity index (χ3v) is 1.51. The first-order valence-electron chi connectivity index (χ1n) is 3.39. The topological polar surface area (TPSA) is 22.1 Å². The summed E-state index contributed by atoms with van der Waals surface area (Å²) in [5.41, 5.74) is 0. The van der Waals surface area contributed by atoms with Crippen molar-refractivity contribution in [2.24, 2.45) is 0 Å². The number of halogens is 5. The van der Waals surface area contributed by atoms with E-state index in [1.54, 1.807) is 0 Å². The normalized spacial score (nSPS) is 11.9. The van der Waals surface area contributed by atoms with Crippen molar-refractivity contribution in [3.63, 3.8) is 0 Å². The van der Waals surface area contributed by atoms with Crippen LogP contribution in [0.25, 0.3) is 0 Å². The molecule has 0 atom stereocenters. The zero-order valence-corrected chi connectivity index (χ0v) is 7.31. The van der Waals surface area contributed by atoms with Crippen molar-refractivity contribution in [3.8, 4) is 5.75 Å². The molecule has 0 unspecified atom stereocenters. The summed E-state index contributed by atoms with van der Waals surface area (Å²) in [5.74, 6) is -0.584. The Hall–Kier alpha value is -1.04. The minimum Gasteiger partial charge on any atom is -0.425 e. The van der Waals surface area contributed by atoms with Gasteiger partial charge in [0.1, 0.15) is 0 Å². The van der Waals surface area contributed by atoms with Gasteiger partial charge in [0.15, 0.2) is 10.9 Å². The number of nitrogens with zero attached hydrogens (tertiary/aromatic N) is 1. The van der Waals surface area contributed by atoms with E-state index in [-0.39, 0.29) is 0 Å². The van der Waals surface area contributed by atoms with Crippen LogP contribution < -0.4 is 4.74 Å². The molecule has 2 nitrogen and oxygen atoms in total. The molecule has 0 radical (unpaired) electrons. The standard InChI is InChI=1S/C7H4ClF4NO/c8-5-4(2-1-3-13-5)14-7(11,12)6(9)10/h1-3,6H. The molecule has 78 valence electrons. The highest BCUT2D eigenvalue weighted by atomic mass is 35.5. The van der Waals surface area contributed by atoms with E-state index < -0.39 is 23.4 Å². The molecule has 0 fully saturated rings. The van der Waals surface area contributed by atoms with Crippen LogP contribution in [0.5, 0.6) is 5.75 Å². The van der Waals surface area contributed by atoms with E-state index in [1.807, 2.05) is 0 Å². The molecule has 1 rings (SSSR count). The van der Waals surface area contributed by atoms with Crippen molar-refractivity contribution in [2.75, 3.05) is 0 Å². The van der Waals surface area contributed by atoms with Crippen LogP contribution in [0.2, 0.25) is 5.15 Å². The minimum atomic E-state index is -4.56. The summed E-state index contributed by atoms with van der Waals surface area (Å²) in [6.07, 6.45) is -7.26. The Labute approximate surface area is 81.5 Å². The van der Waals surface area contributed by atoms with E-state index in [9.17, 15) is 17.6 Å². The average molecular weight is 230 g/mol. The Balaban J connectivity index is 2.84. The Morgan fingerprint density at radius 2 is 2.07 bits per heavy atom. The Bertz CT molecular complexity index is 320. The van der Waals surface area contributed by atoms with Crippen LogP contribution in [0.1, 0.15) is 0 Å². The molecule has 0 amide bonds. The van der Waals surface area contributed by atoms with Crippen molar-refractivity contribution >= 4 is 11.6 Å². The summed E-state index contributed by atoms with van der Waals surface area (Å²) in [6, 6.07) is 2.26. The Kier molecular flexibility index (Phi) is 3.15. The zero-order chi connectivity index (χ0) is 10.8. The van der Waals surface area contributed by atoms with Crippen molar-refractivity contribution in [1.29, 1.82) is 0 Å². The number of hydrogen-bond acceptors (Lipinski definition) is 2. The molecule has 0 aliphatic heterocycles. The fourth-order valence-corrected chi connectivity index (χ4v) is 0.796. The molecular weight excluding hydrogens is 226 g/mol. The van der Waals surface area contributed by atoms with Crippen molar-refractivity contribution in [1.82, 2.24) is 4.98 Å². The van der Waals surface area contributed by atoms with Gasteiger partial charge in [-0.3, -0.25) is 0 Å². The van der Waals surface area contributed by atoms with Crippen LogP contribution >= 0.6 is 11.6 Å². The second-order valence-corrected chi connectivity index (χ2v) is 2.61. The summed E-state index contributed by atoms with van der Waals surface area (Å²) in [5, 5.41) is -0.396. The molecular formula is C7H4ClF4NO. The summed E-state index contributed by atoms with van der Waals surface area (Å²) in [6.45, 7) is 0. The average Bonchev–Trinajstić information content (AvgIpc) is 2.08. The van der Waals surface area contributed by atoms with Gasteiger partial charge >= 0.3 is 12.5 Å². The second kappa shape index (κ2) is 4.00. The smallest absolute Gasteiger partial charge is 0.425 e. The maximum Gasteiger partial charge on any atom is 0.461 e. The Morgan fingerprint density at radius 3 is 2.57 bits per heavy atom. The number of hydrogen-bond donors (Lipinski definition) is 0. The van der Waals surface area contributed by atoms with Gasteiger partial charge in [0, 0.05) is 6.20 Å². The number of aromatic nitrogens is 1. The van der Waals surface area contributed by atoms with Crippen LogP contribution in [0.3, 0.4) is 0 Å². The van der Waals surface area contributed by atoms with Gasteiger partial charge in [-0.2, -0.15) is 17.6 Å². The zero-order valence-electron chi connectivity index (χ0n) is 6.55. The van der Waals surface area contributed by atoms with E-state index >= 15 is 0 Å². The number of alkyl halides is 4. The largest absolute Gasteiger partial charge is 0.461 e. The molecule has 0 saturated heterocycles. The highest BCUT2D eigenvalue weighted by Crippen LogP contribution is 2.30. The monoisotopic (exact) mass is 229 g/mol. The van der Waals surface area contributed by atoms with Crippen LogP contribution in [0.15, 0.2) is 18.3 Å². The molecule has 0 aromatic carbocycles. The van der Waals surface area contributed by atoms with E-state index in [1.165, 1.54) is 12.3 Å². The Morgan fingerprint density at radius 1 is 1.43 bits per heavy atom. The summed E-state index contributed by atoms with van der Waals surface area (Å²) in [4.78, 5) is 3.38. The second-order valence-electron chi connectivity index (χ2n) is 2.26. The minimum absolute atomic E-state index is 0.396. The fraction of sp³-hybridized carbons (Fsp3) is 0.286. The maximum absolute atomic E-state index is 12.4. The van der Waals surface area contributed by atoms with Crippen molar-refractivity contribution in [3.05, 3.63) is 23.5 Å². The molecule has 0 saturated carbocycles. The quantitative estimate of drug-likeness (QED) is 0.587. The number of pyridine rings is 1. The molecule has 14 heavy (non-hydrogen) atoms. The maximum atomic E-state index is 12.4. The molecule has 0 bridgehead atoms. The summed E-state index contributed by atoms with van der Waals surface area (Å²) < 4.78 is 51.8. The molecule has 1 heterocycles. The van der Waals surface area contributed by atoms with E-state index in [0.717, 1.165) is 6.07 Å². The molecule has 0 aliphatic carbocycles. The van der Waals surface area contributed by atoms with Gasteiger partial charge in [-0.15, -0.1) is 0 Å². The number of rotatable bonds is 3. The van der Waals surface area contributed by atoms with E-state index in [2.05, 4.69) is 9.72 Å². The predicted octanol–water partition coefficient (Wildman–Crippen LogP) is 2.97. The van der Waals surface area contributed by atoms with Crippen molar-refractivity contribution < 1.29 is 22.3 Å².